The monoisotopic (exact) mass is 289 g/mol. The number of ether oxygens (including phenoxy) is 2. The number of hydrogen-bond donors (Lipinski definition) is 2. The third-order valence-electron chi connectivity index (χ3n) is 2.81. The van der Waals surface area contributed by atoms with Gasteiger partial charge in [0.2, 0.25) is 17.7 Å². The van der Waals surface area contributed by atoms with Crippen LogP contribution in [0.15, 0.2) is 24.3 Å². The Morgan fingerprint density at radius 3 is 2.24 bits per heavy atom. The molecule has 0 fully saturated rings. The van der Waals surface area contributed by atoms with Gasteiger partial charge in [-0.05, 0) is 30.7 Å². The number of aromatic carboxylic acids is 1. The first-order valence-corrected chi connectivity index (χ1v) is 6.11. The Hall–Kier alpha value is -2.83. The zero-order valence-electron chi connectivity index (χ0n) is 11.9. The minimum Gasteiger partial charge on any atom is -0.481 e. The molecule has 0 bridgehead atoms. The third-order valence-corrected chi connectivity index (χ3v) is 2.81. The number of rotatable bonds is 5. The van der Waals surface area contributed by atoms with E-state index in [1.54, 1.807) is 25.1 Å². The molecular weight excluding hydrogens is 274 g/mol. The van der Waals surface area contributed by atoms with Gasteiger partial charge in [0.25, 0.3) is 0 Å². The van der Waals surface area contributed by atoms with E-state index < -0.39 is 5.97 Å². The van der Waals surface area contributed by atoms with E-state index in [4.69, 9.17) is 14.6 Å². The van der Waals surface area contributed by atoms with Crippen LogP contribution in [0, 0.1) is 6.92 Å². The van der Waals surface area contributed by atoms with Gasteiger partial charge in [-0.1, -0.05) is 0 Å². The Morgan fingerprint density at radius 1 is 1.14 bits per heavy atom. The minimum absolute atomic E-state index is 0.254. The average Bonchev–Trinajstić information content (AvgIpc) is 2.46. The van der Waals surface area contributed by atoms with Crippen molar-refractivity contribution in [3.63, 3.8) is 0 Å². The van der Waals surface area contributed by atoms with Crippen molar-refractivity contribution >= 4 is 17.6 Å². The number of carboxylic acids is 1. The summed E-state index contributed by atoms with van der Waals surface area (Å²) in [6, 6.07) is 6.44. The highest BCUT2D eigenvalue weighted by Gasteiger charge is 2.09. The SMILES string of the molecule is COc1cc(OC)nc(Nc2ccc(C(=O)O)c(C)c2)n1. The van der Waals surface area contributed by atoms with Crippen molar-refractivity contribution in [1.29, 1.82) is 0 Å². The first kappa shape index (κ1) is 14.6. The number of aryl methyl sites for hydroxylation is 1. The molecule has 7 heteroatoms. The lowest BCUT2D eigenvalue weighted by Crippen LogP contribution is -2.03. The minimum atomic E-state index is -0.960. The Labute approximate surface area is 121 Å². The molecule has 0 saturated heterocycles. The molecule has 0 atom stereocenters. The fourth-order valence-corrected chi connectivity index (χ4v) is 1.78. The van der Waals surface area contributed by atoms with Gasteiger partial charge < -0.3 is 19.9 Å². The van der Waals surface area contributed by atoms with E-state index in [9.17, 15) is 4.79 Å². The summed E-state index contributed by atoms with van der Waals surface area (Å²) in [5.74, 6) is 0.0680. The maximum absolute atomic E-state index is 11.0. The fraction of sp³-hybridized carbons (Fsp3) is 0.214. The molecular formula is C14H15N3O4. The van der Waals surface area contributed by atoms with Crippen LogP contribution in [0.1, 0.15) is 15.9 Å². The molecule has 0 aliphatic rings. The molecule has 1 heterocycles. The van der Waals surface area contributed by atoms with Crippen LogP contribution < -0.4 is 14.8 Å². The van der Waals surface area contributed by atoms with Crippen molar-refractivity contribution in [2.45, 2.75) is 6.92 Å². The number of anilines is 2. The largest absolute Gasteiger partial charge is 0.481 e. The average molecular weight is 289 g/mol. The lowest BCUT2D eigenvalue weighted by Gasteiger charge is -2.09. The lowest BCUT2D eigenvalue weighted by atomic mass is 10.1. The van der Waals surface area contributed by atoms with Gasteiger partial charge in [0, 0.05) is 5.69 Å². The van der Waals surface area contributed by atoms with Crippen LogP contribution >= 0.6 is 0 Å². The number of hydrogen-bond acceptors (Lipinski definition) is 6. The highest BCUT2D eigenvalue weighted by Crippen LogP contribution is 2.22. The van der Waals surface area contributed by atoms with Crippen LogP contribution in [-0.4, -0.2) is 35.3 Å². The van der Waals surface area contributed by atoms with Crippen LogP contribution in [0.3, 0.4) is 0 Å². The van der Waals surface area contributed by atoms with Gasteiger partial charge in [-0.15, -0.1) is 0 Å². The fourth-order valence-electron chi connectivity index (χ4n) is 1.78. The topological polar surface area (TPSA) is 93.6 Å². The number of benzene rings is 1. The summed E-state index contributed by atoms with van der Waals surface area (Å²) in [4.78, 5) is 19.3. The van der Waals surface area contributed by atoms with E-state index in [-0.39, 0.29) is 5.56 Å². The predicted octanol–water partition coefficient (Wildman–Crippen LogP) is 2.24. The summed E-state index contributed by atoms with van der Waals surface area (Å²) >= 11 is 0. The maximum atomic E-state index is 11.0. The van der Waals surface area contributed by atoms with Gasteiger partial charge in [-0.3, -0.25) is 0 Å². The van der Waals surface area contributed by atoms with E-state index >= 15 is 0 Å². The Balaban J connectivity index is 2.29. The van der Waals surface area contributed by atoms with E-state index in [0.717, 1.165) is 0 Å². The summed E-state index contributed by atoms with van der Waals surface area (Å²) in [5.41, 5.74) is 1.57. The highest BCUT2D eigenvalue weighted by atomic mass is 16.5. The van der Waals surface area contributed by atoms with Crippen LogP contribution in [0.2, 0.25) is 0 Å². The van der Waals surface area contributed by atoms with Crippen molar-refractivity contribution in [3.05, 3.63) is 35.4 Å². The molecule has 2 aromatic rings. The first-order chi connectivity index (χ1) is 10.0. The summed E-state index contributed by atoms with van der Waals surface area (Å²) in [5, 5.41) is 12.0. The number of carbonyl (C=O) groups is 1. The van der Waals surface area contributed by atoms with Gasteiger partial charge in [0.15, 0.2) is 0 Å². The number of carboxylic acid groups (broad SMARTS) is 1. The predicted molar refractivity (Wildman–Crippen MR) is 76.6 cm³/mol. The Bertz CT molecular complexity index is 651. The van der Waals surface area contributed by atoms with Crippen molar-refractivity contribution in [3.8, 4) is 11.8 Å². The van der Waals surface area contributed by atoms with E-state index in [1.165, 1.54) is 20.3 Å². The number of nitrogens with one attached hydrogen (secondary N) is 1. The van der Waals surface area contributed by atoms with E-state index in [2.05, 4.69) is 15.3 Å². The molecule has 0 spiro atoms. The molecule has 0 amide bonds. The summed E-state index contributed by atoms with van der Waals surface area (Å²) in [6.07, 6.45) is 0. The van der Waals surface area contributed by atoms with Crippen LogP contribution in [0.5, 0.6) is 11.8 Å². The smallest absolute Gasteiger partial charge is 0.335 e. The van der Waals surface area contributed by atoms with Crippen LogP contribution in [0.4, 0.5) is 11.6 Å². The molecule has 1 aromatic heterocycles. The van der Waals surface area contributed by atoms with Crippen molar-refractivity contribution in [2.24, 2.45) is 0 Å². The Morgan fingerprint density at radius 2 is 1.76 bits per heavy atom. The quantitative estimate of drug-likeness (QED) is 0.871. The zero-order valence-corrected chi connectivity index (χ0v) is 11.9. The van der Waals surface area contributed by atoms with Crippen molar-refractivity contribution in [2.75, 3.05) is 19.5 Å². The molecule has 0 unspecified atom stereocenters. The first-order valence-electron chi connectivity index (χ1n) is 6.11. The van der Waals surface area contributed by atoms with Crippen molar-refractivity contribution in [1.82, 2.24) is 9.97 Å². The van der Waals surface area contributed by atoms with E-state index in [1.807, 2.05) is 0 Å². The summed E-state index contributed by atoms with van der Waals surface area (Å²) in [6.45, 7) is 1.72. The number of aromatic nitrogens is 2. The molecule has 110 valence electrons. The van der Waals surface area contributed by atoms with Gasteiger partial charge in [-0.25, -0.2) is 4.79 Å². The van der Waals surface area contributed by atoms with Gasteiger partial charge >= 0.3 is 5.97 Å². The second-order valence-corrected chi connectivity index (χ2v) is 4.24. The lowest BCUT2D eigenvalue weighted by molar-refractivity contribution is 0.0696. The molecule has 2 N–H and O–H groups in total. The van der Waals surface area contributed by atoms with Gasteiger partial charge in [0.05, 0.1) is 25.8 Å². The summed E-state index contributed by atoms with van der Waals surface area (Å²) < 4.78 is 10.1. The molecule has 0 saturated carbocycles. The molecule has 0 aliphatic carbocycles. The Kier molecular flexibility index (Phi) is 4.22. The van der Waals surface area contributed by atoms with Gasteiger partial charge in [-0.2, -0.15) is 9.97 Å². The normalized spacial score (nSPS) is 10.0. The molecule has 0 aliphatic heterocycles. The maximum Gasteiger partial charge on any atom is 0.335 e. The summed E-state index contributed by atoms with van der Waals surface area (Å²) in [7, 11) is 2.99. The standard InChI is InChI=1S/C14H15N3O4/c1-8-6-9(4-5-10(8)13(18)19)15-14-16-11(20-2)7-12(17-14)21-3/h4-7H,1-3H3,(H,18,19)(H,15,16,17). The molecule has 2 rings (SSSR count). The second-order valence-electron chi connectivity index (χ2n) is 4.24. The number of nitrogens with zero attached hydrogens (tertiary/aromatic N) is 2. The molecule has 7 nitrogen and oxygen atoms in total. The molecule has 21 heavy (non-hydrogen) atoms. The van der Waals surface area contributed by atoms with Crippen LogP contribution in [0.25, 0.3) is 0 Å². The third kappa shape index (κ3) is 3.38. The molecule has 0 radical (unpaired) electrons. The highest BCUT2D eigenvalue weighted by molar-refractivity contribution is 5.90. The number of methoxy groups -OCH3 is 2. The van der Waals surface area contributed by atoms with Crippen LogP contribution in [-0.2, 0) is 0 Å². The van der Waals surface area contributed by atoms with Crippen molar-refractivity contribution < 1.29 is 19.4 Å². The molecule has 1 aromatic carbocycles. The van der Waals surface area contributed by atoms with Gasteiger partial charge in [0.1, 0.15) is 0 Å². The zero-order chi connectivity index (χ0) is 15.4. The van der Waals surface area contributed by atoms with E-state index in [0.29, 0.717) is 29.0 Å². The second kappa shape index (κ2) is 6.08.